The standard InChI is InChI=1S/C14H8Cl2N4O2/c1-22-14(21)13-12(19)7(4-17)6-20(13)10-3-2-9(15)11(16)8(10)5-18/h2-3,6H,19H2,1H3. The summed E-state index contributed by atoms with van der Waals surface area (Å²) in [5.41, 5.74) is 6.11. The van der Waals surface area contributed by atoms with Crippen molar-refractivity contribution in [3.05, 3.63) is 45.2 Å². The van der Waals surface area contributed by atoms with Gasteiger partial charge in [0.15, 0.2) is 5.69 Å². The first-order chi connectivity index (χ1) is 10.5. The van der Waals surface area contributed by atoms with E-state index in [0.717, 1.165) is 0 Å². The van der Waals surface area contributed by atoms with Gasteiger partial charge < -0.3 is 15.0 Å². The maximum Gasteiger partial charge on any atom is 0.357 e. The first-order valence-electron chi connectivity index (χ1n) is 5.84. The number of methoxy groups -OCH3 is 1. The molecule has 0 spiro atoms. The monoisotopic (exact) mass is 334 g/mol. The highest BCUT2D eigenvalue weighted by molar-refractivity contribution is 6.42. The first kappa shape index (κ1) is 15.7. The fraction of sp³-hybridized carbons (Fsp3) is 0.0714. The van der Waals surface area contributed by atoms with Gasteiger partial charge in [0.1, 0.15) is 12.1 Å². The number of hydrogen-bond acceptors (Lipinski definition) is 5. The highest BCUT2D eigenvalue weighted by Crippen LogP contribution is 2.33. The van der Waals surface area contributed by atoms with Gasteiger partial charge in [0, 0.05) is 6.20 Å². The van der Waals surface area contributed by atoms with Crippen molar-refractivity contribution in [3.8, 4) is 17.8 Å². The van der Waals surface area contributed by atoms with E-state index in [-0.39, 0.29) is 38.2 Å². The zero-order valence-corrected chi connectivity index (χ0v) is 12.7. The predicted octanol–water partition coefficient (Wildman–Crippen LogP) is 2.90. The number of nitrogens with two attached hydrogens (primary N) is 1. The van der Waals surface area contributed by atoms with Gasteiger partial charge in [-0.3, -0.25) is 0 Å². The number of carbonyl (C=O) groups is 1. The molecule has 0 bridgehead atoms. The minimum atomic E-state index is -0.742. The molecule has 6 nitrogen and oxygen atoms in total. The van der Waals surface area contributed by atoms with Gasteiger partial charge in [0.05, 0.1) is 39.7 Å². The highest BCUT2D eigenvalue weighted by atomic mass is 35.5. The molecule has 1 aromatic heterocycles. The third kappa shape index (κ3) is 2.35. The number of hydrogen-bond donors (Lipinski definition) is 1. The van der Waals surface area contributed by atoms with Gasteiger partial charge in [0.2, 0.25) is 0 Å². The zero-order valence-electron chi connectivity index (χ0n) is 11.2. The fourth-order valence-corrected chi connectivity index (χ4v) is 2.31. The molecule has 0 saturated carbocycles. The molecule has 0 aliphatic heterocycles. The molecule has 0 atom stereocenters. The first-order valence-corrected chi connectivity index (χ1v) is 6.59. The number of halogens is 2. The lowest BCUT2D eigenvalue weighted by atomic mass is 10.2. The molecule has 8 heteroatoms. The van der Waals surface area contributed by atoms with Gasteiger partial charge in [-0.1, -0.05) is 23.2 Å². The Hall–Kier alpha value is -2.67. The molecule has 0 fully saturated rings. The van der Waals surface area contributed by atoms with Crippen LogP contribution >= 0.6 is 23.2 Å². The lowest BCUT2D eigenvalue weighted by molar-refractivity contribution is 0.0593. The van der Waals surface area contributed by atoms with Crippen LogP contribution in [0.3, 0.4) is 0 Å². The zero-order chi connectivity index (χ0) is 16.4. The molecule has 1 heterocycles. The lowest BCUT2D eigenvalue weighted by Crippen LogP contribution is -2.12. The summed E-state index contributed by atoms with van der Waals surface area (Å²) in [6.45, 7) is 0. The van der Waals surface area contributed by atoms with Crippen molar-refractivity contribution in [2.24, 2.45) is 0 Å². The quantitative estimate of drug-likeness (QED) is 0.850. The van der Waals surface area contributed by atoms with Crippen LogP contribution in [-0.4, -0.2) is 17.6 Å². The van der Waals surface area contributed by atoms with Crippen molar-refractivity contribution in [2.45, 2.75) is 0 Å². The van der Waals surface area contributed by atoms with Crippen molar-refractivity contribution in [1.82, 2.24) is 4.57 Å². The largest absolute Gasteiger partial charge is 0.464 e. The Morgan fingerprint density at radius 1 is 1.32 bits per heavy atom. The summed E-state index contributed by atoms with van der Waals surface area (Å²) in [6.07, 6.45) is 1.34. The molecular weight excluding hydrogens is 327 g/mol. The summed E-state index contributed by atoms with van der Waals surface area (Å²) in [7, 11) is 1.19. The van der Waals surface area contributed by atoms with E-state index >= 15 is 0 Å². The minimum absolute atomic E-state index is 0.0377. The van der Waals surface area contributed by atoms with E-state index in [1.165, 1.54) is 30.0 Å². The van der Waals surface area contributed by atoms with Crippen LogP contribution in [0.25, 0.3) is 5.69 Å². The Balaban J connectivity index is 2.85. The SMILES string of the molecule is COC(=O)c1c(N)c(C#N)cn1-c1ccc(Cl)c(Cl)c1C#N. The summed E-state index contributed by atoms with van der Waals surface area (Å²) in [5.74, 6) is -0.742. The third-order valence-corrected chi connectivity index (χ3v) is 3.79. The maximum absolute atomic E-state index is 11.9. The summed E-state index contributed by atoms with van der Waals surface area (Å²) in [6, 6.07) is 6.77. The number of rotatable bonds is 2. The van der Waals surface area contributed by atoms with Crippen LogP contribution in [0.5, 0.6) is 0 Å². The molecule has 2 N–H and O–H groups in total. The Bertz CT molecular complexity index is 859. The van der Waals surface area contributed by atoms with Crippen molar-refractivity contribution in [2.75, 3.05) is 12.8 Å². The molecule has 22 heavy (non-hydrogen) atoms. The number of benzene rings is 1. The van der Waals surface area contributed by atoms with E-state index in [2.05, 4.69) is 4.74 Å². The molecule has 0 saturated heterocycles. The molecule has 0 radical (unpaired) electrons. The summed E-state index contributed by atoms with van der Waals surface area (Å²) in [5, 5.41) is 18.6. The van der Waals surface area contributed by atoms with E-state index in [9.17, 15) is 10.1 Å². The van der Waals surface area contributed by atoms with Crippen LogP contribution in [0.2, 0.25) is 10.0 Å². The maximum atomic E-state index is 11.9. The van der Waals surface area contributed by atoms with E-state index in [1.807, 2.05) is 12.1 Å². The molecule has 1 aromatic carbocycles. The van der Waals surface area contributed by atoms with Gasteiger partial charge in [-0.25, -0.2) is 4.79 Å². The second kappa shape index (κ2) is 5.98. The summed E-state index contributed by atoms with van der Waals surface area (Å²) >= 11 is 11.9. The number of ether oxygens (including phenoxy) is 1. The number of aromatic nitrogens is 1. The predicted molar refractivity (Wildman–Crippen MR) is 81.0 cm³/mol. The average molecular weight is 335 g/mol. The molecule has 0 unspecified atom stereocenters. The Morgan fingerprint density at radius 3 is 2.55 bits per heavy atom. The van der Waals surface area contributed by atoms with Crippen LogP contribution in [0.15, 0.2) is 18.3 Å². The Kier molecular flexibility index (Phi) is 4.27. The van der Waals surface area contributed by atoms with Crippen LogP contribution in [0.1, 0.15) is 21.6 Å². The van der Waals surface area contributed by atoms with E-state index in [4.69, 9.17) is 34.2 Å². The van der Waals surface area contributed by atoms with Crippen molar-refractivity contribution in [1.29, 1.82) is 10.5 Å². The Labute approximate surface area is 135 Å². The normalized spacial score (nSPS) is 9.86. The van der Waals surface area contributed by atoms with E-state index in [1.54, 1.807) is 0 Å². The van der Waals surface area contributed by atoms with Gasteiger partial charge in [-0.2, -0.15) is 10.5 Å². The molecule has 2 rings (SSSR count). The number of esters is 1. The van der Waals surface area contributed by atoms with Gasteiger partial charge in [-0.15, -0.1) is 0 Å². The van der Waals surface area contributed by atoms with E-state index in [0.29, 0.717) is 0 Å². The molecular formula is C14H8Cl2N4O2. The van der Waals surface area contributed by atoms with Gasteiger partial charge in [-0.05, 0) is 12.1 Å². The molecule has 2 aromatic rings. The molecule has 0 amide bonds. The number of nitrogens with zero attached hydrogens (tertiary/aromatic N) is 3. The second-order valence-corrected chi connectivity index (χ2v) is 4.93. The molecule has 0 aliphatic rings. The molecule has 0 aliphatic carbocycles. The fourth-order valence-electron chi connectivity index (χ4n) is 1.95. The van der Waals surface area contributed by atoms with Crippen molar-refractivity contribution >= 4 is 34.9 Å². The van der Waals surface area contributed by atoms with Gasteiger partial charge in [0.25, 0.3) is 0 Å². The van der Waals surface area contributed by atoms with Crippen molar-refractivity contribution < 1.29 is 9.53 Å². The molecule has 110 valence electrons. The average Bonchev–Trinajstić information content (AvgIpc) is 2.85. The number of nitriles is 2. The van der Waals surface area contributed by atoms with Crippen LogP contribution < -0.4 is 5.73 Å². The van der Waals surface area contributed by atoms with Crippen LogP contribution in [-0.2, 0) is 4.74 Å². The van der Waals surface area contributed by atoms with Crippen LogP contribution in [0.4, 0.5) is 5.69 Å². The number of nitrogen functional groups attached to an aromatic ring is 1. The topological polar surface area (TPSA) is 105 Å². The van der Waals surface area contributed by atoms with Crippen molar-refractivity contribution in [3.63, 3.8) is 0 Å². The third-order valence-electron chi connectivity index (χ3n) is 2.99. The number of anilines is 1. The van der Waals surface area contributed by atoms with Crippen LogP contribution in [0, 0.1) is 22.7 Å². The summed E-state index contributed by atoms with van der Waals surface area (Å²) < 4.78 is 5.97. The highest BCUT2D eigenvalue weighted by Gasteiger charge is 2.24. The minimum Gasteiger partial charge on any atom is -0.464 e. The van der Waals surface area contributed by atoms with E-state index < -0.39 is 5.97 Å². The Morgan fingerprint density at radius 2 is 2.00 bits per heavy atom. The lowest BCUT2D eigenvalue weighted by Gasteiger charge is -2.11. The summed E-state index contributed by atoms with van der Waals surface area (Å²) in [4.78, 5) is 11.9. The van der Waals surface area contributed by atoms with Gasteiger partial charge >= 0.3 is 5.97 Å². The number of carbonyl (C=O) groups excluding carboxylic acids is 1. The second-order valence-electron chi connectivity index (χ2n) is 4.15. The smallest absolute Gasteiger partial charge is 0.357 e.